The zero-order valence-electron chi connectivity index (χ0n) is 15.6. The van der Waals surface area contributed by atoms with E-state index in [2.05, 4.69) is 28.2 Å². The van der Waals surface area contributed by atoms with Crippen molar-refractivity contribution in [1.82, 2.24) is 15.6 Å². The van der Waals surface area contributed by atoms with E-state index < -0.39 is 24.0 Å². The standard InChI is InChI=1S/C21H22ClN3O3S/c22-15-5-3-4-13(8-15)10-23-19(12-29)20(26)25-18(21(27)28)9-14-11-24-17-7-2-1-6-16(14)17/h1-8,11,18-19,23-24,29H,9-10,12H2,(H,25,26)(H,27,28)/t18?,19-/m0/s1. The van der Waals surface area contributed by atoms with Gasteiger partial charge in [0.15, 0.2) is 0 Å². The third kappa shape index (κ3) is 5.53. The molecular weight excluding hydrogens is 410 g/mol. The molecule has 0 aliphatic carbocycles. The van der Waals surface area contributed by atoms with Gasteiger partial charge in [-0.1, -0.05) is 41.9 Å². The van der Waals surface area contributed by atoms with Gasteiger partial charge in [0.05, 0.1) is 6.04 Å². The van der Waals surface area contributed by atoms with E-state index in [-0.39, 0.29) is 12.2 Å². The molecule has 0 fully saturated rings. The molecule has 0 saturated heterocycles. The van der Waals surface area contributed by atoms with Gasteiger partial charge in [-0.05, 0) is 29.3 Å². The summed E-state index contributed by atoms with van der Waals surface area (Å²) < 4.78 is 0. The Morgan fingerprint density at radius 3 is 2.66 bits per heavy atom. The zero-order valence-corrected chi connectivity index (χ0v) is 17.2. The normalized spacial score (nSPS) is 13.2. The molecule has 3 rings (SSSR count). The van der Waals surface area contributed by atoms with Gasteiger partial charge < -0.3 is 20.7 Å². The molecule has 0 spiro atoms. The molecule has 0 radical (unpaired) electrons. The Morgan fingerprint density at radius 1 is 1.14 bits per heavy atom. The number of thiol groups is 1. The van der Waals surface area contributed by atoms with Crippen LogP contribution in [0, 0.1) is 0 Å². The van der Waals surface area contributed by atoms with Gasteiger partial charge in [-0.3, -0.25) is 4.79 Å². The minimum atomic E-state index is -1.09. The summed E-state index contributed by atoms with van der Waals surface area (Å²) in [5, 5.41) is 16.9. The molecule has 0 aliphatic heterocycles. The molecule has 4 N–H and O–H groups in total. The summed E-state index contributed by atoms with van der Waals surface area (Å²) in [7, 11) is 0. The van der Waals surface area contributed by atoms with E-state index in [9.17, 15) is 14.7 Å². The van der Waals surface area contributed by atoms with Gasteiger partial charge in [-0.15, -0.1) is 0 Å². The molecule has 1 heterocycles. The molecular formula is C21H22ClN3O3S. The molecule has 6 nitrogen and oxygen atoms in total. The van der Waals surface area contributed by atoms with Crippen molar-refractivity contribution >= 4 is 47.0 Å². The fourth-order valence-corrected chi connectivity index (χ4v) is 3.63. The lowest BCUT2D eigenvalue weighted by atomic mass is 10.0. The van der Waals surface area contributed by atoms with Crippen molar-refractivity contribution in [3.05, 3.63) is 70.9 Å². The summed E-state index contributed by atoms with van der Waals surface area (Å²) in [5.74, 6) is -1.27. The summed E-state index contributed by atoms with van der Waals surface area (Å²) in [4.78, 5) is 27.5. The first-order valence-corrected chi connectivity index (χ1v) is 10.2. The number of carbonyl (C=O) groups is 2. The zero-order chi connectivity index (χ0) is 20.8. The number of carboxylic acids is 1. The number of fused-ring (bicyclic) bond motifs is 1. The second-order valence-electron chi connectivity index (χ2n) is 6.71. The lowest BCUT2D eigenvalue weighted by Gasteiger charge is -2.20. The number of nitrogens with one attached hydrogen (secondary N) is 3. The Morgan fingerprint density at radius 2 is 1.93 bits per heavy atom. The Hall–Kier alpha value is -2.48. The van der Waals surface area contributed by atoms with Crippen LogP contribution in [0.5, 0.6) is 0 Å². The first kappa shape index (κ1) is 21.2. The van der Waals surface area contributed by atoms with Gasteiger partial charge in [0.2, 0.25) is 5.91 Å². The van der Waals surface area contributed by atoms with Crippen molar-refractivity contribution in [2.24, 2.45) is 0 Å². The smallest absolute Gasteiger partial charge is 0.326 e. The summed E-state index contributed by atoms with van der Waals surface area (Å²) in [6.07, 6.45) is 1.96. The Balaban J connectivity index is 1.65. The van der Waals surface area contributed by atoms with Gasteiger partial charge >= 0.3 is 5.97 Å². The maximum atomic E-state index is 12.6. The van der Waals surface area contributed by atoms with E-state index >= 15 is 0 Å². The van der Waals surface area contributed by atoms with Gasteiger partial charge in [-0.2, -0.15) is 12.6 Å². The fraction of sp³-hybridized carbons (Fsp3) is 0.238. The van der Waals surface area contributed by atoms with Gasteiger partial charge in [0, 0.05) is 40.8 Å². The minimum Gasteiger partial charge on any atom is -0.480 e. The molecule has 2 aromatic carbocycles. The highest BCUT2D eigenvalue weighted by Crippen LogP contribution is 2.19. The van der Waals surface area contributed by atoms with Crippen molar-refractivity contribution in [2.45, 2.75) is 25.0 Å². The topological polar surface area (TPSA) is 94.2 Å². The second kappa shape index (κ2) is 9.82. The predicted octanol–water partition coefficient (Wildman–Crippen LogP) is 3.02. The van der Waals surface area contributed by atoms with Crippen LogP contribution in [0.1, 0.15) is 11.1 Å². The molecule has 3 aromatic rings. The molecule has 0 saturated carbocycles. The van der Waals surface area contributed by atoms with E-state index in [4.69, 9.17) is 11.6 Å². The van der Waals surface area contributed by atoms with E-state index in [1.165, 1.54) is 0 Å². The number of aromatic amines is 1. The van der Waals surface area contributed by atoms with Gasteiger partial charge in [-0.25, -0.2) is 4.79 Å². The number of rotatable bonds is 9. The number of para-hydroxylation sites is 1. The molecule has 1 amide bonds. The number of hydrogen-bond acceptors (Lipinski definition) is 4. The van der Waals surface area contributed by atoms with Crippen molar-refractivity contribution in [2.75, 3.05) is 5.75 Å². The van der Waals surface area contributed by atoms with E-state index in [0.29, 0.717) is 11.6 Å². The van der Waals surface area contributed by atoms with Crippen LogP contribution in [0.15, 0.2) is 54.7 Å². The number of hydrogen-bond donors (Lipinski definition) is 5. The number of benzene rings is 2. The maximum Gasteiger partial charge on any atom is 0.326 e. The van der Waals surface area contributed by atoms with Crippen LogP contribution in [0.25, 0.3) is 10.9 Å². The molecule has 152 valence electrons. The van der Waals surface area contributed by atoms with Crippen molar-refractivity contribution in [3.63, 3.8) is 0 Å². The van der Waals surface area contributed by atoms with Crippen LogP contribution >= 0.6 is 24.2 Å². The van der Waals surface area contributed by atoms with Gasteiger partial charge in [0.25, 0.3) is 0 Å². The van der Waals surface area contributed by atoms with Crippen LogP contribution in [0.4, 0.5) is 0 Å². The number of halogens is 1. The molecule has 29 heavy (non-hydrogen) atoms. The summed E-state index contributed by atoms with van der Waals surface area (Å²) >= 11 is 10.2. The summed E-state index contributed by atoms with van der Waals surface area (Å²) in [6.45, 7) is 0.416. The molecule has 8 heteroatoms. The van der Waals surface area contributed by atoms with Crippen molar-refractivity contribution in [3.8, 4) is 0 Å². The monoisotopic (exact) mass is 431 g/mol. The molecule has 0 bridgehead atoms. The predicted molar refractivity (Wildman–Crippen MR) is 118 cm³/mol. The van der Waals surface area contributed by atoms with E-state index in [1.807, 2.05) is 36.4 Å². The van der Waals surface area contributed by atoms with E-state index in [1.54, 1.807) is 18.3 Å². The minimum absolute atomic E-state index is 0.179. The van der Waals surface area contributed by atoms with Crippen molar-refractivity contribution in [1.29, 1.82) is 0 Å². The number of carbonyl (C=O) groups excluding carboxylic acids is 1. The van der Waals surface area contributed by atoms with Crippen LogP contribution < -0.4 is 10.6 Å². The second-order valence-corrected chi connectivity index (χ2v) is 7.51. The maximum absolute atomic E-state index is 12.6. The van der Waals surface area contributed by atoms with Crippen molar-refractivity contribution < 1.29 is 14.7 Å². The first-order chi connectivity index (χ1) is 14.0. The Labute approximate surface area is 179 Å². The van der Waals surface area contributed by atoms with Crippen LogP contribution in [0.2, 0.25) is 5.02 Å². The number of carboxylic acid groups (broad SMARTS) is 1. The molecule has 2 atom stereocenters. The number of H-pyrrole nitrogens is 1. The average Bonchev–Trinajstić information content (AvgIpc) is 3.11. The van der Waals surface area contributed by atoms with Crippen LogP contribution in [-0.4, -0.2) is 39.8 Å². The Kier molecular flexibility index (Phi) is 7.19. The number of amides is 1. The highest BCUT2D eigenvalue weighted by atomic mass is 35.5. The highest BCUT2D eigenvalue weighted by molar-refractivity contribution is 7.80. The third-order valence-electron chi connectivity index (χ3n) is 4.65. The first-order valence-electron chi connectivity index (χ1n) is 9.14. The largest absolute Gasteiger partial charge is 0.480 e. The number of aromatic nitrogens is 1. The van der Waals surface area contributed by atoms with E-state index in [0.717, 1.165) is 22.0 Å². The van der Waals surface area contributed by atoms with Crippen LogP contribution in [-0.2, 0) is 22.6 Å². The quantitative estimate of drug-likeness (QED) is 0.337. The summed E-state index contributed by atoms with van der Waals surface area (Å²) in [5.41, 5.74) is 2.68. The lowest BCUT2D eigenvalue weighted by molar-refractivity contribution is -0.142. The summed E-state index contributed by atoms with van der Waals surface area (Å²) in [6, 6.07) is 13.3. The third-order valence-corrected chi connectivity index (χ3v) is 5.25. The Bertz CT molecular complexity index is 1010. The SMILES string of the molecule is O=C(O)C(Cc1c[nH]c2ccccc12)NC(=O)[C@H](CS)NCc1cccc(Cl)c1. The molecule has 0 aliphatic rings. The highest BCUT2D eigenvalue weighted by Gasteiger charge is 2.25. The lowest BCUT2D eigenvalue weighted by Crippen LogP contribution is -2.51. The molecule has 1 unspecified atom stereocenters. The van der Waals surface area contributed by atoms with Crippen LogP contribution in [0.3, 0.4) is 0 Å². The fourth-order valence-electron chi connectivity index (χ4n) is 3.12. The van der Waals surface area contributed by atoms with Gasteiger partial charge in [0.1, 0.15) is 6.04 Å². The molecule has 1 aromatic heterocycles. The average molecular weight is 432 g/mol. The number of aliphatic carboxylic acids is 1.